The molecule has 0 fully saturated rings. The molecule has 1 aromatic rings. The van der Waals surface area contributed by atoms with Crippen LogP contribution in [0.2, 0.25) is 0 Å². The quantitative estimate of drug-likeness (QED) is 0.365. The second kappa shape index (κ2) is 11.7. The van der Waals surface area contributed by atoms with E-state index in [0.717, 1.165) is 25.9 Å². The number of hydrogen-bond donors (Lipinski definition) is 4. The summed E-state index contributed by atoms with van der Waals surface area (Å²) in [6.45, 7) is 9.77. The highest BCUT2D eigenvalue weighted by Crippen LogP contribution is 2.13. The molecule has 0 spiro atoms. The highest BCUT2D eigenvalue weighted by molar-refractivity contribution is 7.79. The summed E-state index contributed by atoms with van der Waals surface area (Å²) in [5.41, 5.74) is 0. The third-order valence-corrected chi connectivity index (χ3v) is 2.34. The lowest BCUT2D eigenvalue weighted by molar-refractivity contribution is 0.0643. The molecule has 0 amide bonds. The molecule has 12 heteroatoms. The van der Waals surface area contributed by atoms with Gasteiger partial charge in [-0.2, -0.15) is 23.4 Å². The fraction of sp³-hybridized carbons (Fsp3) is 0.769. The minimum Gasteiger partial charge on any atom is -0.354 e. The molecule has 0 aliphatic heterocycles. The van der Waals surface area contributed by atoms with Crippen LogP contribution in [0.4, 0.5) is 17.8 Å². The maximum Gasteiger partial charge on any atom is 0.394 e. The maximum atomic E-state index is 8.74. The van der Waals surface area contributed by atoms with Crippen molar-refractivity contribution in [2.24, 2.45) is 0 Å². The number of nitrogens with one attached hydrogen (secondary N) is 2. The van der Waals surface area contributed by atoms with E-state index in [1.807, 2.05) is 13.8 Å². The minimum atomic E-state index is -4.67. The first-order valence-corrected chi connectivity index (χ1v) is 9.30. The average Bonchev–Trinajstić information content (AvgIpc) is 2.48. The van der Waals surface area contributed by atoms with Gasteiger partial charge in [0.25, 0.3) is 5.95 Å². The van der Waals surface area contributed by atoms with Crippen LogP contribution >= 0.6 is 0 Å². The SMILES string of the molecule is CCCNc1nc(NCCC)nc(N(C)OC(C)C)n1.O=S(=O)(O)O. The van der Waals surface area contributed by atoms with Crippen molar-refractivity contribution in [3.8, 4) is 0 Å². The number of anilines is 3. The average molecular weight is 380 g/mol. The number of hydroxylamine groups is 1. The Hall–Kier alpha value is -1.76. The van der Waals surface area contributed by atoms with Gasteiger partial charge in [-0.25, -0.2) is 5.06 Å². The Morgan fingerprint density at radius 1 is 1.04 bits per heavy atom. The Bertz CT molecular complexity index is 564. The van der Waals surface area contributed by atoms with Gasteiger partial charge < -0.3 is 10.6 Å². The Labute approximate surface area is 148 Å². The predicted octanol–water partition coefficient (Wildman–Crippen LogP) is 1.64. The lowest BCUT2D eigenvalue weighted by Gasteiger charge is -2.20. The molecule has 1 heterocycles. The van der Waals surface area contributed by atoms with Crippen molar-refractivity contribution in [3.05, 3.63) is 0 Å². The van der Waals surface area contributed by atoms with Gasteiger partial charge in [-0.3, -0.25) is 13.9 Å². The van der Waals surface area contributed by atoms with E-state index in [4.69, 9.17) is 22.4 Å². The lowest BCUT2D eigenvalue weighted by atomic mass is 10.5. The van der Waals surface area contributed by atoms with Gasteiger partial charge >= 0.3 is 10.4 Å². The van der Waals surface area contributed by atoms with Crippen molar-refractivity contribution >= 4 is 28.2 Å². The van der Waals surface area contributed by atoms with Crippen LogP contribution in [0.25, 0.3) is 0 Å². The van der Waals surface area contributed by atoms with Crippen molar-refractivity contribution in [2.75, 3.05) is 35.8 Å². The number of hydrogen-bond acceptors (Lipinski definition) is 9. The summed E-state index contributed by atoms with van der Waals surface area (Å²) in [6, 6.07) is 0. The van der Waals surface area contributed by atoms with Gasteiger partial charge in [0.15, 0.2) is 0 Å². The molecule has 0 aromatic carbocycles. The van der Waals surface area contributed by atoms with E-state index in [1.165, 1.54) is 0 Å². The van der Waals surface area contributed by atoms with E-state index in [1.54, 1.807) is 12.1 Å². The summed E-state index contributed by atoms with van der Waals surface area (Å²) < 4.78 is 31.6. The predicted molar refractivity (Wildman–Crippen MR) is 96.2 cm³/mol. The zero-order valence-corrected chi connectivity index (χ0v) is 16.0. The van der Waals surface area contributed by atoms with E-state index in [2.05, 4.69) is 39.4 Å². The number of nitrogens with zero attached hydrogens (tertiary/aromatic N) is 4. The van der Waals surface area contributed by atoms with Gasteiger partial charge in [0.2, 0.25) is 11.9 Å². The van der Waals surface area contributed by atoms with E-state index in [9.17, 15) is 0 Å². The standard InChI is InChI=1S/C13H26N6O.H2O4S/c1-6-8-14-11-16-12(15-9-7-2)18-13(17-11)19(5)20-10(3)4;1-5(2,3)4/h10H,6-9H2,1-5H3,(H2,14,15,16,17,18);(H2,1,2,3,4). The summed E-state index contributed by atoms with van der Waals surface area (Å²) in [5.74, 6) is 1.62. The molecule has 1 rings (SSSR count). The van der Waals surface area contributed by atoms with Gasteiger partial charge in [-0.1, -0.05) is 13.8 Å². The van der Waals surface area contributed by atoms with E-state index in [-0.39, 0.29) is 6.10 Å². The van der Waals surface area contributed by atoms with Crippen molar-refractivity contribution in [1.29, 1.82) is 0 Å². The number of rotatable bonds is 9. The molecule has 0 saturated heterocycles. The Morgan fingerprint density at radius 2 is 1.44 bits per heavy atom. The van der Waals surface area contributed by atoms with Crippen molar-refractivity contribution in [2.45, 2.75) is 46.6 Å². The van der Waals surface area contributed by atoms with E-state index < -0.39 is 10.4 Å². The fourth-order valence-electron chi connectivity index (χ4n) is 1.50. The summed E-state index contributed by atoms with van der Waals surface area (Å²) >= 11 is 0. The molecule has 0 saturated carbocycles. The molecule has 25 heavy (non-hydrogen) atoms. The Balaban J connectivity index is 0.00000101. The van der Waals surface area contributed by atoms with Crippen LogP contribution in [0.3, 0.4) is 0 Å². The molecule has 0 aliphatic carbocycles. The van der Waals surface area contributed by atoms with Crippen molar-refractivity contribution in [1.82, 2.24) is 15.0 Å². The largest absolute Gasteiger partial charge is 0.394 e. The molecule has 0 atom stereocenters. The summed E-state index contributed by atoms with van der Waals surface area (Å²) in [6.07, 6.45) is 2.09. The van der Waals surface area contributed by atoms with Crippen molar-refractivity contribution in [3.63, 3.8) is 0 Å². The molecule has 4 N–H and O–H groups in total. The molecule has 146 valence electrons. The van der Waals surface area contributed by atoms with Crippen LogP contribution in [0.15, 0.2) is 0 Å². The molecular weight excluding hydrogens is 352 g/mol. The first kappa shape index (κ1) is 23.2. The second-order valence-electron chi connectivity index (χ2n) is 5.24. The van der Waals surface area contributed by atoms with Gasteiger partial charge in [-0.15, -0.1) is 0 Å². The molecule has 0 bridgehead atoms. The van der Waals surface area contributed by atoms with E-state index >= 15 is 0 Å². The van der Waals surface area contributed by atoms with Crippen LogP contribution in [0.5, 0.6) is 0 Å². The van der Waals surface area contributed by atoms with Crippen LogP contribution in [-0.4, -0.2) is 58.7 Å². The molecule has 0 aliphatic rings. The zero-order chi connectivity index (χ0) is 19.5. The molecular formula is C13H28N6O5S. The van der Waals surface area contributed by atoms with Crippen LogP contribution in [-0.2, 0) is 15.2 Å². The maximum absolute atomic E-state index is 8.74. The minimum absolute atomic E-state index is 0.0656. The smallest absolute Gasteiger partial charge is 0.354 e. The third-order valence-electron chi connectivity index (χ3n) is 2.34. The highest BCUT2D eigenvalue weighted by atomic mass is 32.3. The van der Waals surface area contributed by atoms with Crippen LogP contribution in [0, 0.1) is 0 Å². The molecule has 11 nitrogen and oxygen atoms in total. The topological polar surface area (TPSA) is 150 Å². The number of aromatic nitrogens is 3. The monoisotopic (exact) mass is 380 g/mol. The van der Waals surface area contributed by atoms with Gasteiger partial charge in [0, 0.05) is 20.1 Å². The lowest BCUT2D eigenvalue weighted by Crippen LogP contribution is -2.25. The summed E-state index contributed by atoms with van der Waals surface area (Å²) in [5, 5.41) is 7.92. The zero-order valence-electron chi connectivity index (χ0n) is 15.2. The van der Waals surface area contributed by atoms with Crippen molar-refractivity contribution < 1.29 is 22.4 Å². The first-order chi connectivity index (χ1) is 11.6. The van der Waals surface area contributed by atoms with Crippen LogP contribution < -0.4 is 15.7 Å². The summed E-state index contributed by atoms with van der Waals surface area (Å²) in [4.78, 5) is 18.6. The Kier molecular flexibility index (Phi) is 10.9. The first-order valence-electron chi connectivity index (χ1n) is 7.91. The normalized spacial score (nSPS) is 10.9. The van der Waals surface area contributed by atoms with Crippen LogP contribution in [0.1, 0.15) is 40.5 Å². The van der Waals surface area contributed by atoms with Gasteiger partial charge in [0.05, 0.1) is 6.10 Å². The third kappa shape index (κ3) is 13.2. The molecule has 0 unspecified atom stereocenters. The fourth-order valence-corrected chi connectivity index (χ4v) is 1.50. The van der Waals surface area contributed by atoms with E-state index in [0.29, 0.717) is 17.8 Å². The Morgan fingerprint density at radius 3 is 1.76 bits per heavy atom. The second-order valence-corrected chi connectivity index (χ2v) is 6.13. The van der Waals surface area contributed by atoms with Gasteiger partial charge in [-0.05, 0) is 26.7 Å². The molecule has 1 aromatic heterocycles. The van der Waals surface area contributed by atoms with Gasteiger partial charge in [0.1, 0.15) is 0 Å². The summed E-state index contributed by atoms with van der Waals surface area (Å²) in [7, 11) is -2.87. The highest BCUT2D eigenvalue weighted by Gasteiger charge is 2.11. The molecule has 0 radical (unpaired) electrons.